The Labute approximate surface area is 125 Å². The van der Waals surface area contributed by atoms with E-state index in [9.17, 15) is 5.11 Å². The quantitative estimate of drug-likeness (QED) is 0.732. The molecule has 0 aliphatic rings. The molecule has 4 nitrogen and oxygen atoms in total. The summed E-state index contributed by atoms with van der Waals surface area (Å²) in [5.74, 6) is 1.55. The fraction of sp³-hybridized carbons (Fsp3) is 0.294. The van der Waals surface area contributed by atoms with Crippen molar-refractivity contribution in [3.05, 3.63) is 59.7 Å². The summed E-state index contributed by atoms with van der Waals surface area (Å²) in [7, 11) is 0. The molecule has 0 radical (unpaired) electrons. The first-order valence-corrected chi connectivity index (χ1v) is 7.07. The molecule has 0 amide bonds. The van der Waals surface area contributed by atoms with E-state index in [1.165, 1.54) is 0 Å². The lowest BCUT2D eigenvalue weighted by molar-refractivity contribution is 0.235. The topological polar surface area (TPSA) is 64.7 Å². The first kappa shape index (κ1) is 15.4. The minimum Gasteiger partial charge on any atom is -0.493 e. The average Bonchev–Trinajstić information content (AvgIpc) is 2.55. The van der Waals surface area contributed by atoms with Gasteiger partial charge in [0.25, 0.3) is 0 Å². The van der Waals surface area contributed by atoms with Crippen LogP contribution in [0.15, 0.2) is 48.5 Å². The highest BCUT2D eigenvalue weighted by Gasteiger charge is 2.02. The van der Waals surface area contributed by atoms with Crippen molar-refractivity contribution in [2.45, 2.75) is 19.6 Å². The number of hydrogen-bond acceptors (Lipinski definition) is 4. The molecule has 0 saturated heterocycles. The number of nitrogens with two attached hydrogens (primary N) is 1. The van der Waals surface area contributed by atoms with Crippen molar-refractivity contribution >= 4 is 0 Å². The van der Waals surface area contributed by atoms with E-state index in [2.05, 4.69) is 0 Å². The summed E-state index contributed by atoms with van der Waals surface area (Å²) in [6.45, 7) is 1.56. The molecular weight excluding hydrogens is 266 g/mol. The second kappa shape index (κ2) is 8.29. The highest BCUT2D eigenvalue weighted by Crippen LogP contribution is 2.19. The van der Waals surface area contributed by atoms with E-state index in [1.54, 1.807) is 0 Å². The summed E-state index contributed by atoms with van der Waals surface area (Å²) >= 11 is 0. The number of aliphatic hydroxyl groups is 1. The summed E-state index contributed by atoms with van der Waals surface area (Å²) < 4.78 is 11.4. The number of benzene rings is 2. The van der Waals surface area contributed by atoms with Gasteiger partial charge in [0.2, 0.25) is 0 Å². The van der Waals surface area contributed by atoms with Gasteiger partial charge in [-0.25, -0.2) is 0 Å². The van der Waals surface area contributed by atoms with Crippen LogP contribution in [-0.4, -0.2) is 18.3 Å². The fourth-order valence-electron chi connectivity index (χ4n) is 2.01. The molecule has 0 saturated carbocycles. The van der Waals surface area contributed by atoms with E-state index in [1.807, 2.05) is 48.5 Å². The van der Waals surface area contributed by atoms with Crippen LogP contribution in [0.25, 0.3) is 0 Å². The Morgan fingerprint density at radius 2 is 1.33 bits per heavy atom. The Morgan fingerprint density at radius 1 is 0.810 bits per heavy atom. The highest BCUT2D eigenvalue weighted by atomic mass is 16.5. The second-order valence-electron chi connectivity index (χ2n) is 4.63. The molecule has 0 aromatic heterocycles. The molecule has 2 aromatic rings. The summed E-state index contributed by atoms with van der Waals surface area (Å²) in [4.78, 5) is 0. The van der Waals surface area contributed by atoms with Crippen LogP contribution in [0.2, 0.25) is 0 Å². The lowest BCUT2D eigenvalue weighted by Gasteiger charge is -2.12. The van der Waals surface area contributed by atoms with Gasteiger partial charge in [-0.3, -0.25) is 0 Å². The molecule has 0 bridgehead atoms. The first-order valence-electron chi connectivity index (χ1n) is 7.07. The van der Waals surface area contributed by atoms with Crippen molar-refractivity contribution in [2.24, 2.45) is 5.73 Å². The number of hydrogen-bond donors (Lipinski definition) is 2. The predicted octanol–water partition coefficient (Wildman–Crippen LogP) is 2.49. The zero-order chi connectivity index (χ0) is 14.9. The molecule has 2 rings (SSSR count). The molecule has 0 unspecified atom stereocenters. The smallest absolute Gasteiger partial charge is 0.124 e. The van der Waals surface area contributed by atoms with E-state index in [0.29, 0.717) is 19.8 Å². The monoisotopic (exact) mass is 287 g/mol. The van der Waals surface area contributed by atoms with Crippen LogP contribution < -0.4 is 15.2 Å². The van der Waals surface area contributed by atoms with Gasteiger partial charge in [-0.15, -0.1) is 0 Å². The van der Waals surface area contributed by atoms with Gasteiger partial charge in [0.15, 0.2) is 0 Å². The van der Waals surface area contributed by atoms with Crippen molar-refractivity contribution in [1.82, 2.24) is 0 Å². The van der Waals surface area contributed by atoms with E-state index in [4.69, 9.17) is 15.2 Å². The lowest BCUT2D eigenvalue weighted by Crippen LogP contribution is -2.08. The molecule has 2 aromatic carbocycles. The molecule has 4 heteroatoms. The van der Waals surface area contributed by atoms with Crippen LogP contribution >= 0.6 is 0 Å². The van der Waals surface area contributed by atoms with Gasteiger partial charge < -0.3 is 20.3 Å². The van der Waals surface area contributed by atoms with Crippen molar-refractivity contribution in [3.63, 3.8) is 0 Å². The van der Waals surface area contributed by atoms with Crippen LogP contribution in [0.4, 0.5) is 0 Å². The zero-order valence-corrected chi connectivity index (χ0v) is 12.0. The average molecular weight is 287 g/mol. The van der Waals surface area contributed by atoms with E-state index < -0.39 is 0 Å². The van der Waals surface area contributed by atoms with Gasteiger partial charge in [0.1, 0.15) is 11.5 Å². The van der Waals surface area contributed by atoms with Gasteiger partial charge in [-0.2, -0.15) is 0 Å². The Hall–Kier alpha value is -2.04. The van der Waals surface area contributed by atoms with Crippen LogP contribution in [0, 0.1) is 0 Å². The minimum absolute atomic E-state index is 0.0173. The van der Waals surface area contributed by atoms with Gasteiger partial charge >= 0.3 is 0 Å². The molecule has 0 atom stereocenters. The van der Waals surface area contributed by atoms with Crippen molar-refractivity contribution in [3.8, 4) is 11.5 Å². The molecule has 0 fully saturated rings. The van der Waals surface area contributed by atoms with Crippen LogP contribution in [-0.2, 0) is 13.2 Å². The van der Waals surface area contributed by atoms with E-state index in [0.717, 1.165) is 29.0 Å². The lowest BCUT2D eigenvalue weighted by atomic mass is 10.2. The molecule has 0 heterocycles. The maximum Gasteiger partial charge on any atom is 0.124 e. The zero-order valence-electron chi connectivity index (χ0n) is 12.0. The van der Waals surface area contributed by atoms with Gasteiger partial charge in [-0.05, 0) is 12.1 Å². The number of para-hydroxylation sites is 2. The van der Waals surface area contributed by atoms with Gasteiger partial charge in [-0.1, -0.05) is 36.4 Å². The third kappa shape index (κ3) is 4.48. The first-order chi connectivity index (χ1) is 10.3. The maximum absolute atomic E-state index is 9.21. The highest BCUT2D eigenvalue weighted by molar-refractivity contribution is 5.33. The molecule has 0 aliphatic carbocycles. The molecule has 0 spiro atoms. The summed E-state index contributed by atoms with van der Waals surface area (Å²) in [6.07, 6.45) is 0.763. The molecule has 0 aliphatic heterocycles. The largest absolute Gasteiger partial charge is 0.493 e. The van der Waals surface area contributed by atoms with E-state index >= 15 is 0 Å². The third-order valence-electron chi connectivity index (χ3n) is 3.14. The van der Waals surface area contributed by atoms with Crippen molar-refractivity contribution < 1.29 is 14.6 Å². The second-order valence-corrected chi connectivity index (χ2v) is 4.63. The van der Waals surface area contributed by atoms with Gasteiger partial charge in [0, 0.05) is 24.1 Å². The van der Waals surface area contributed by atoms with Crippen molar-refractivity contribution in [1.29, 1.82) is 0 Å². The van der Waals surface area contributed by atoms with Crippen LogP contribution in [0.5, 0.6) is 11.5 Å². The number of aliphatic hydroxyl groups excluding tert-OH is 1. The number of rotatable bonds is 8. The van der Waals surface area contributed by atoms with Crippen molar-refractivity contribution in [2.75, 3.05) is 13.2 Å². The molecule has 112 valence electrons. The standard InChI is InChI=1S/C17H21NO3/c18-12-14-6-1-3-8-16(14)20-10-5-11-21-17-9-4-2-7-15(17)13-19/h1-4,6-9,19H,5,10-13,18H2. The fourth-order valence-corrected chi connectivity index (χ4v) is 2.01. The van der Waals surface area contributed by atoms with Crippen LogP contribution in [0.3, 0.4) is 0 Å². The molecule has 3 N–H and O–H groups in total. The van der Waals surface area contributed by atoms with Gasteiger partial charge in [0.05, 0.1) is 19.8 Å². The Morgan fingerprint density at radius 3 is 1.90 bits per heavy atom. The summed E-state index contributed by atoms with van der Waals surface area (Å²) in [5, 5.41) is 9.21. The minimum atomic E-state index is -0.0173. The molecule has 21 heavy (non-hydrogen) atoms. The SMILES string of the molecule is NCc1ccccc1OCCCOc1ccccc1CO. The Kier molecular flexibility index (Phi) is 6.06. The predicted molar refractivity (Wildman–Crippen MR) is 82.3 cm³/mol. The third-order valence-corrected chi connectivity index (χ3v) is 3.14. The van der Waals surface area contributed by atoms with Crippen LogP contribution in [0.1, 0.15) is 17.5 Å². The summed E-state index contributed by atoms with van der Waals surface area (Å²) in [5.41, 5.74) is 7.46. The van der Waals surface area contributed by atoms with E-state index in [-0.39, 0.29) is 6.61 Å². The number of ether oxygens (including phenoxy) is 2. The molecular formula is C17H21NO3. The Bertz CT molecular complexity index is 508. The normalized spacial score (nSPS) is 10.4. The maximum atomic E-state index is 9.21. The summed E-state index contributed by atoms with van der Waals surface area (Å²) in [6, 6.07) is 15.2. The Balaban J connectivity index is 1.75.